The Morgan fingerprint density at radius 2 is 1.94 bits per heavy atom. The highest BCUT2D eigenvalue weighted by Gasteiger charge is 2.27. The molecule has 0 fully saturated rings. The van der Waals surface area contributed by atoms with Crippen LogP contribution in [0.3, 0.4) is 0 Å². The van der Waals surface area contributed by atoms with Gasteiger partial charge in [-0.05, 0) is 30.0 Å². The monoisotopic (exact) mass is 212 g/mol. The Bertz CT molecular complexity index is 461. The van der Waals surface area contributed by atoms with Crippen LogP contribution in [0.25, 0.3) is 5.57 Å². The molecular weight excluding hydrogens is 192 g/mol. The summed E-state index contributed by atoms with van der Waals surface area (Å²) in [6.45, 7) is 8.50. The fourth-order valence-corrected chi connectivity index (χ4v) is 2.67. The van der Waals surface area contributed by atoms with Crippen molar-refractivity contribution < 1.29 is 0 Å². The van der Waals surface area contributed by atoms with E-state index in [2.05, 4.69) is 44.2 Å². The minimum absolute atomic E-state index is 0.634. The number of allylic oxidation sites excluding steroid dienone is 4. The van der Waals surface area contributed by atoms with Gasteiger partial charge in [0.15, 0.2) is 0 Å². The standard InChI is InChI=1S/C14H14.C2H6/c1-9-6-7-13-12-5-3-4-11(12)10(2)14(13)8-9;1-2/h3,5-8,10H,4H2,1-2H3;1-2H3. The molecule has 16 heavy (non-hydrogen) atoms. The second kappa shape index (κ2) is 4.29. The SMILES string of the molecule is CC.Cc1ccc2c(c1)C(C)C1=C2C=CC1. The molecule has 0 radical (unpaired) electrons. The van der Waals surface area contributed by atoms with Crippen LogP contribution in [0.2, 0.25) is 0 Å². The van der Waals surface area contributed by atoms with Crippen LogP contribution >= 0.6 is 0 Å². The van der Waals surface area contributed by atoms with Crippen molar-refractivity contribution in [3.63, 3.8) is 0 Å². The smallest absolute Gasteiger partial charge is 0.00384 e. The van der Waals surface area contributed by atoms with Crippen LogP contribution in [0, 0.1) is 6.92 Å². The highest BCUT2D eigenvalue weighted by atomic mass is 14.3. The lowest BCUT2D eigenvalue weighted by Gasteiger charge is -2.09. The van der Waals surface area contributed by atoms with Gasteiger partial charge in [-0.2, -0.15) is 0 Å². The van der Waals surface area contributed by atoms with Gasteiger partial charge < -0.3 is 0 Å². The second-order valence-electron chi connectivity index (χ2n) is 4.36. The average molecular weight is 212 g/mol. The predicted octanol–water partition coefficient (Wildman–Crippen LogP) is 4.85. The van der Waals surface area contributed by atoms with Crippen molar-refractivity contribution >= 4 is 5.57 Å². The van der Waals surface area contributed by atoms with Crippen molar-refractivity contribution in [2.24, 2.45) is 0 Å². The summed E-state index contributed by atoms with van der Waals surface area (Å²) in [6, 6.07) is 6.83. The van der Waals surface area contributed by atoms with Gasteiger partial charge in [-0.3, -0.25) is 0 Å². The van der Waals surface area contributed by atoms with Gasteiger partial charge in [0.2, 0.25) is 0 Å². The number of hydrogen-bond acceptors (Lipinski definition) is 0. The highest BCUT2D eigenvalue weighted by Crippen LogP contribution is 2.46. The summed E-state index contributed by atoms with van der Waals surface area (Å²) in [5, 5.41) is 0. The Hall–Kier alpha value is -1.30. The first kappa shape index (κ1) is 11.2. The van der Waals surface area contributed by atoms with Gasteiger partial charge in [-0.15, -0.1) is 0 Å². The maximum absolute atomic E-state index is 2.34. The number of fused-ring (bicyclic) bond motifs is 2. The van der Waals surface area contributed by atoms with Crippen molar-refractivity contribution in [3.05, 3.63) is 52.6 Å². The molecule has 0 amide bonds. The van der Waals surface area contributed by atoms with Gasteiger partial charge >= 0.3 is 0 Å². The van der Waals surface area contributed by atoms with E-state index in [0.717, 1.165) is 6.42 Å². The molecule has 0 aliphatic heterocycles. The van der Waals surface area contributed by atoms with Crippen LogP contribution in [0.15, 0.2) is 35.9 Å². The van der Waals surface area contributed by atoms with Gasteiger partial charge in [0.25, 0.3) is 0 Å². The summed E-state index contributed by atoms with van der Waals surface area (Å²) in [5.41, 5.74) is 7.48. The Labute approximate surface area is 98.7 Å². The predicted molar refractivity (Wildman–Crippen MR) is 71.6 cm³/mol. The first-order valence-electron chi connectivity index (χ1n) is 6.28. The van der Waals surface area contributed by atoms with Crippen LogP contribution in [0.4, 0.5) is 0 Å². The molecule has 1 unspecified atom stereocenters. The molecule has 0 nitrogen and oxygen atoms in total. The lowest BCUT2D eigenvalue weighted by atomic mass is 9.95. The van der Waals surface area contributed by atoms with E-state index < -0.39 is 0 Å². The fourth-order valence-electron chi connectivity index (χ4n) is 2.67. The van der Waals surface area contributed by atoms with Gasteiger partial charge in [0.1, 0.15) is 0 Å². The van der Waals surface area contributed by atoms with Gasteiger partial charge in [-0.25, -0.2) is 0 Å². The zero-order chi connectivity index (χ0) is 11.7. The normalized spacial score (nSPS) is 20.4. The summed E-state index contributed by atoms with van der Waals surface area (Å²) in [5.74, 6) is 0.634. The van der Waals surface area contributed by atoms with E-state index in [0.29, 0.717) is 5.92 Å². The fraction of sp³-hybridized carbons (Fsp3) is 0.375. The zero-order valence-electron chi connectivity index (χ0n) is 10.7. The molecule has 0 bridgehead atoms. The molecule has 0 aromatic heterocycles. The zero-order valence-corrected chi connectivity index (χ0v) is 10.7. The first-order chi connectivity index (χ1) is 7.77. The number of hydrogen-bond donors (Lipinski definition) is 0. The maximum atomic E-state index is 2.34. The molecule has 0 saturated heterocycles. The van der Waals surface area contributed by atoms with E-state index in [1.165, 1.54) is 22.3 Å². The maximum Gasteiger partial charge on any atom is 0.00384 e. The van der Waals surface area contributed by atoms with Crippen molar-refractivity contribution in [2.45, 2.75) is 40.0 Å². The third kappa shape index (κ3) is 1.53. The van der Waals surface area contributed by atoms with Crippen molar-refractivity contribution in [3.8, 4) is 0 Å². The van der Waals surface area contributed by atoms with Crippen molar-refractivity contribution in [1.82, 2.24) is 0 Å². The number of aryl methyl sites for hydroxylation is 1. The van der Waals surface area contributed by atoms with Crippen LogP contribution < -0.4 is 0 Å². The first-order valence-corrected chi connectivity index (χ1v) is 6.28. The largest absolute Gasteiger partial charge is 0.0798 e. The topological polar surface area (TPSA) is 0 Å². The third-order valence-electron chi connectivity index (χ3n) is 3.45. The van der Waals surface area contributed by atoms with E-state index in [1.54, 1.807) is 5.57 Å². The van der Waals surface area contributed by atoms with Gasteiger partial charge in [0.05, 0.1) is 0 Å². The molecule has 2 aliphatic rings. The lowest BCUT2D eigenvalue weighted by Crippen LogP contribution is -1.92. The molecular formula is C16H20. The van der Waals surface area contributed by atoms with E-state index in [1.807, 2.05) is 13.8 Å². The number of benzene rings is 1. The lowest BCUT2D eigenvalue weighted by molar-refractivity contribution is 0.891. The molecule has 3 rings (SSSR count). The molecule has 0 heteroatoms. The minimum Gasteiger partial charge on any atom is -0.0798 e. The van der Waals surface area contributed by atoms with E-state index in [9.17, 15) is 0 Å². The Morgan fingerprint density at radius 3 is 2.69 bits per heavy atom. The molecule has 1 aromatic carbocycles. The van der Waals surface area contributed by atoms with Crippen LogP contribution in [0.1, 0.15) is 49.8 Å². The summed E-state index contributed by atoms with van der Waals surface area (Å²) >= 11 is 0. The summed E-state index contributed by atoms with van der Waals surface area (Å²) in [7, 11) is 0. The average Bonchev–Trinajstić information content (AvgIpc) is 2.87. The van der Waals surface area contributed by atoms with Crippen LogP contribution in [-0.2, 0) is 0 Å². The minimum atomic E-state index is 0.634. The molecule has 0 saturated carbocycles. The molecule has 1 aromatic rings. The number of rotatable bonds is 0. The van der Waals surface area contributed by atoms with E-state index in [4.69, 9.17) is 0 Å². The molecule has 0 spiro atoms. The summed E-state index contributed by atoms with van der Waals surface area (Å²) in [6.07, 6.45) is 5.72. The quantitative estimate of drug-likeness (QED) is 0.576. The molecule has 2 aliphatic carbocycles. The molecule has 1 atom stereocenters. The van der Waals surface area contributed by atoms with E-state index >= 15 is 0 Å². The summed E-state index contributed by atoms with van der Waals surface area (Å²) in [4.78, 5) is 0. The van der Waals surface area contributed by atoms with Crippen molar-refractivity contribution in [1.29, 1.82) is 0 Å². The van der Waals surface area contributed by atoms with Gasteiger partial charge in [-0.1, -0.05) is 62.3 Å². The highest BCUT2D eigenvalue weighted by molar-refractivity contribution is 5.86. The summed E-state index contributed by atoms with van der Waals surface area (Å²) < 4.78 is 0. The third-order valence-corrected chi connectivity index (χ3v) is 3.45. The molecule has 0 heterocycles. The van der Waals surface area contributed by atoms with E-state index in [-0.39, 0.29) is 0 Å². The van der Waals surface area contributed by atoms with Crippen molar-refractivity contribution in [2.75, 3.05) is 0 Å². The Morgan fingerprint density at radius 1 is 1.19 bits per heavy atom. The second-order valence-corrected chi connectivity index (χ2v) is 4.36. The van der Waals surface area contributed by atoms with Gasteiger partial charge in [0, 0.05) is 5.92 Å². The molecule has 0 N–H and O–H groups in total. The molecule has 84 valence electrons. The van der Waals surface area contributed by atoms with Crippen LogP contribution in [-0.4, -0.2) is 0 Å². The Balaban J connectivity index is 0.000000457. The van der Waals surface area contributed by atoms with Crippen LogP contribution in [0.5, 0.6) is 0 Å². The Kier molecular flexibility index (Phi) is 3.00.